The molecule has 0 spiro atoms. The Balaban J connectivity index is 1.34. The van der Waals surface area contributed by atoms with Crippen molar-refractivity contribution in [3.8, 4) is 10.8 Å². The molecule has 7 nitrogen and oxygen atoms in total. The third-order valence-corrected chi connectivity index (χ3v) is 5.40. The third kappa shape index (κ3) is 3.65. The van der Waals surface area contributed by atoms with Gasteiger partial charge in [-0.3, -0.25) is 9.80 Å². The van der Waals surface area contributed by atoms with Crippen molar-refractivity contribution in [3.63, 3.8) is 0 Å². The van der Waals surface area contributed by atoms with E-state index in [9.17, 15) is 0 Å². The molecule has 0 unspecified atom stereocenters. The van der Waals surface area contributed by atoms with E-state index < -0.39 is 0 Å². The Morgan fingerprint density at radius 2 is 2.08 bits per heavy atom. The smallest absolute Gasteiger partial charge is 0.257 e. The van der Waals surface area contributed by atoms with E-state index in [-0.39, 0.29) is 6.04 Å². The van der Waals surface area contributed by atoms with Gasteiger partial charge in [0.1, 0.15) is 5.76 Å². The largest absolute Gasteiger partial charge is 0.418 e. The van der Waals surface area contributed by atoms with E-state index in [1.165, 1.54) is 0 Å². The van der Waals surface area contributed by atoms with Gasteiger partial charge in [0.2, 0.25) is 5.89 Å². The fraction of sp³-hybridized carbons (Fsp3) is 0.471. The molecule has 25 heavy (non-hydrogen) atoms. The average Bonchev–Trinajstić information content (AvgIpc) is 3.36. The topological polar surface area (TPSA) is 71.4 Å². The molecule has 1 saturated heterocycles. The van der Waals surface area contributed by atoms with Crippen molar-refractivity contribution in [3.05, 3.63) is 40.9 Å². The molecule has 0 saturated carbocycles. The first-order valence-electron chi connectivity index (χ1n) is 8.45. The molecule has 0 aliphatic carbocycles. The SMILES string of the molecule is Cc1cc(CN2CCN([C@@H](C)c3nnc(-c4cccs4)o3)CC2)no1. The molecule has 0 amide bonds. The summed E-state index contributed by atoms with van der Waals surface area (Å²) in [6.07, 6.45) is 0. The molecule has 3 aromatic rings. The monoisotopic (exact) mass is 359 g/mol. The summed E-state index contributed by atoms with van der Waals surface area (Å²) < 4.78 is 11.0. The Hall–Kier alpha value is -2.03. The molecule has 1 aliphatic rings. The molecule has 0 aromatic carbocycles. The van der Waals surface area contributed by atoms with Crippen LogP contribution < -0.4 is 0 Å². The van der Waals surface area contributed by atoms with Gasteiger partial charge in [-0.1, -0.05) is 11.2 Å². The van der Waals surface area contributed by atoms with Crippen LogP contribution >= 0.6 is 11.3 Å². The highest BCUT2D eigenvalue weighted by molar-refractivity contribution is 7.13. The first-order chi connectivity index (χ1) is 12.2. The Bertz CT molecular complexity index is 805. The van der Waals surface area contributed by atoms with Crippen molar-refractivity contribution in [2.75, 3.05) is 26.2 Å². The minimum Gasteiger partial charge on any atom is -0.418 e. The van der Waals surface area contributed by atoms with Gasteiger partial charge in [0.15, 0.2) is 0 Å². The quantitative estimate of drug-likeness (QED) is 0.693. The summed E-state index contributed by atoms with van der Waals surface area (Å²) in [5, 5.41) is 14.5. The number of rotatable bonds is 5. The van der Waals surface area contributed by atoms with Gasteiger partial charge in [0.05, 0.1) is 16.6 Å². The molecule has 1 fully saturated rings. The molecule has 1 atom stereocenters. The van der Waals surface area contributed by atoms with E-state index in [0.29, 0.717) is 11.8 Å². The number of piperazine rings is 1. The van der Waals surface area contributed by atoms with Gasteiger partial charge >= 0.3 is 0 Å². The molecular formula is C17H21N5O2S. The first kappa shape index (κ1) is 16.4. The highest BCUT2D eigenvalue weighted by Gasteiger charge is 2.26. The van der Waals surface area contributed by atoms with Crippen LogP contribution in [-0.2, 0) is 6.54 Å². The fourth-order valence-corrected chi connectivity index (χ4v) is 3.73. The zero-order chi connectivity index (χ0) is 17.2. The lowest BCUT2D eigenvalue weighted by Crippen LogP contribution is -2.46. The summed E-state index contributed by atoms with van der Waals surface area (Å²) in [7, 11) is 0. The van der Waals surface area contributed by atoms with Crippen LogP contribution in [0.2, 0.25) is 0 Å². The lowest BCUT2D eigenvalue weighted by atomic mass is 10.2. The Morgan fingerprint density at radius 3 is 2.76 bits per heavy atom. The van der Waals surface area contributed by atoms with E-state index >= 15 is 0 Å². The number of hydrogen-bond acceptors (Lipinski definition) is 8. The van der Waals surface area contributed by atoms with Crippen molar-refractivity contribution in [2.24, 2.45) is 0 Å². The second-order valence-corrected chi connectivity index (χ2v) is 7.29. The van der Waals surface area contributed by atoms with Crippen molar-refractivity contribution in [2.45, 2.75) is 26.4 Å². The maximum absolute atomic E-state index is 5.88. The Morgan fingerprint density at radius 1 is 1.24 bits per heavy atom. The summed E-state index contributed by atoms with van der Waals surface area (Å²) in [6, 6.07) is 6.11. The maximum Gasteiger partial charge on any atom is 0.257 e. The molecule has 8 heteroatoms. The second-order valence-electron chi connectivity index (χ2n) is 6.34. The first-order valence-corrected chi connectivity index (χ1v) is 9.33. The third-order valence-electron chi connectivity index (χ3n) is 4.55. The van der Waals surface area contributed by atoms with Crippen LogP contribution in [0, 0.1) is 6.92 Å². The summed E-state index contributed by atoms with van der Waals surface area (Å²) in [6.45, 7) is 8.80. The van der Waals surface area contributed by atoms with Gasteiger partial charge in [-0.2, -0.15) is 0 Å². The lowest BCUT2D eigenvalue weighted by molar-refractivity contribution is 0.0863. The van der Waals surface area contributed by atoms with E-state index in [2.05, 4.69) is 32.1 Å². The van der Waals surface area contributed by atoms with Crippen LogP contribution in [0.25, 0.3) is 10.8 Å². The molecule has 4 rings (SSSR count). The summed E-state index contributed by atoms with van der Waals surface area (Å²) in [5.74, 6) is 2.15. The van der Waals surface area contributed by atoms with Crippen LogP contribution in [0.4, 0.5) is 0 Å². The van der Waals surface area contributed by atoms with Crippen molar-refractivity contribution in [1.29, 1.82) is 0 Å². The Kier molecular flexibility index (Phi) is 4.65. The molecule has 0 bridgehead atoms. The molecule has 0 radical (unpaired) electrons. The maximum atomic E-state index is 5.88. The average molecular weight is 359 g/mol. The predicted molar refractivity (Wildman–Crippen MR) is 94.1 cm³/mol. The normalized spacial score (nSPS) is 17.8. The van der Waals surface area contributed by atoms with Gasteiger partial charge in [0, 0.05) is 38.8 Å². The summed E-state index contributed by atoms with van der Waals surface area (Å²) in [4.78, 5) is 5.79. The number of nitrogens with zero attached hydrogens (tertiary/aromatic N) is 5. The number of thiophene rings is 1. The molecule has 4 heterocycles. The predicted octanol–water partition coefficient (Wildman–Crippen LogP) is 2.97. The summed E-state index contributed by atoms with van der Waals surface area (Å²) in [5.41, 5.74) is 0.997. The molecule has 1 aliphatic heterocycles. The minimum atomic E-state index is 0.123. The second kappa shape index (κ2) is 7.07. The van der Waals surface area contributed by atoms with Gasteiger partial charge in [-0.05, 0) is 25.3 Å². The number of aryl methyl sites for hydroxylation is 1. The molecule has 132 valence electrons. The van der Waals surface area contributed by atoms with E-state index in [1.807, 2.05) is 30.5 Å². The number of aromatic nitrogens is 3. The zero-order valence-electron chi connectivity index (χ0n) is 14.4. The number of hydrogen-bond donors (Lipinski definition) is 0. The van der Waals surface area contributed by atoms with E-state index in [1.54, 1.807) is 11.3 Å². The lowest BCUT2D eigenvalue weighted by Gasteiger charge is -2.36. The van der Waals surface area contributed by atoms with Gasteiger partial charge in [-0.15, -0.1) is 21.5 Å². The molecule has 3 aromatic heterocycles. The van der Waals surface area contributed by atoms with Crippen LogP contribution in [0.3, 0.4) is 0 Å². The van der Waals surface area contributed by atoms with E-state index in [0.717, 1.165) is 49.1 Å². The highest BCUT2D eigenvalue weighted by atomic mass is 32.1. The van der Waals surface area contributed by atoms with Crippen LogP contribution in [0.1, 0.15) is 30.3 Å². The Labute approximate surface area is 150 Å². The van der Waals surface area contributed by atoms with Gasteiger partial charge < -0.3 is 8.94 Å². The van der Waals surface area contributed by atoms with Gasteiger partial charge in [0.25, 0.3) is 5.89 Å². The molecular weight excluding hydrogens is 338 g/mol. The van der Waals surface area contributed by atoms with Gasteiger partial charge in [-0.25, -0.2) is 0 Å². The van der Waals surface area contributed by atoms with E-state index in [4.69, 9.17) is 8.94 Å². The van der Waals surface area contributed by atoms with Crippen LogP contribution in [0.15, 0.2) is 32.5 Å². The summed E-state index contributed by atoms with van der Waals surface area (Å²) >= 11 is 1.61. The standard InChI is InChI=1S/C17H21N5O2S/c1-12-10-14(20-24-12)11-21-5-7-22(8-6-21)13(2)16-18-19-17(23-16)15-4-3-9-25-15/h3-4,9-10,13H,5-8,11H2,1-2H3/t13-/m0/s1. The zero-order valence-corrected chi connectivity index (χ0v) is 15.2. The molecule has 0 N–H and O–H groups in total. The van der Waals surface area contributed by atoms with Crippen LogP contribution in [0.5, 0.6) is 0 Å². The fourth-order valence-electron chi connectivity index (χ4n) is 3.09. The highest BCUT2D eigenvalue weighted by Crippen LogP contribution is 2.27. The van der Waals surface area contributed by atoms with Crippen molar-refractivity contribution < 1.29 is 8.94 Å². The minimum absolute atomic E-state index is 0.123. The van der Waals surface area contributed by atoms with Crippen molar-refractivity contribution >= 4 is 11.3 Å². The van der Waals surface area contributed by atoms with Crippen molar-refractivity contribution in [1.82, 2.24) is 25.2 Å². The van der Waals surface area contributed by atoms with Crippen LogP contribution in [-0.4, -0.2) is 51.3 Å².